The minimum Gasteiger partial charge on any atom is -0.507 e. The first-order chi connectivity index (χ1) is 13.2. The number of hydrogen-bond donors (Lipinski definition) is 2. The van der Waals surface area contributed by atoms with Gasteiger partial charge in [-0.25, -0.2) is 0 Å². The molecule has 4 nitrogen and oxygen atoms in total. The number of phenols is 1. The van der Waals surface area contributed by atoms with Crippen molar-refractivity contribution in [1.82, 2.24) is 4.98 Å². The highest BCUT2D eigenvalue weighted by Gasteiger charge is 2.15. The number of phenolic OH excluding ortho intramolecular Hbond substituents is 1. The Morgan fingerprint density at radius 1 is 1.07 bits per heavy atom. The van der Waals surface area contributed by atoms with Gasteiger partial charge in [0.05, 0.1) is 6.61 Å². The van der Waals surface area contributed by atoms with E-state index in [9.17, 15) is 9.90 Å². The molecule has 0 spiro atoms. The van der Waals surface area contributed by atoms with Crippen molar-refractivity contribution >= 4 is 32.3 Å². The highest BCUT2D eigenvalue weighted by atomic mass is 32.1. The summed E-state index contributed by atoms with van der Waals surface area (Å²) in [5.41, 5.74) is 2.24. The Morgan fingerprint density at radius 2 is 1.89 bits per heavy atom. The van der Waals surface area contributed by atoms with Crippen molar-refractivity contribution in [3.05, 3.63) is 58.2 Å². The summed E-state index contributed by atoms with van der Waals surface area (Å²) in [5, 5.41) is 14.2. The third-order valence-corrected chi connectivity index (χ3v) is 5.65. The van der Waals surface area contributed by atoms with Crippen LogP contribution < -0.4 is 10.3 Å². The first kappa shape index (κ1) is 17.6. The second-order valence-corrected chi connectivity index (χ2v) is 7.50. The summed E-state index contributed by atoms with van der Waals surface area (Å²) in [4.78, 5) is 15.2. The molecule has 0 fully saturated rings. The maximum Gasteiger partial charge on any atom is 0.266 e. The van der Waals surface area contributed by atoms with Crippen molar-refractivity contribution in [3.63, 3.8) is 0 Å². The van der Waals surface area contributed by atoms with Crippen molar-refractivity contribution in [3.8, 4) is 22.6 Å². The average molecular weight is 379 g/mol. The average Bonchev–Trinajstić information content (AvgIpc) is 3.17. The number of aromatic amines is 1. The molecule has 0 atom stereocenters. The third-order valence-electron chi connectivity index (χ3n) is 4.73. The zero-order valence-corrected chi connectivity index (χ0v) is 15.9. The predicted molar refractivity (Wildman–Crippen MR) is 112 cm³/mol. The molecule has 2 aromatic heterocycles. The van der Waals surface area contributed by atoms with Gasteiger partial charge in [-0.3, -0.25) is 4.79 Å². The molecular weight excluding hydrogens is 358 g/mol. The number of pyridine rings is 1. The molecular formula is C22H21NO3S. The molecule has 5 heteroatoms. The van der Waals surface area contributed by atoms with Crippen LogP contribution in [0.4, 0.5) is 0 Å². The molecule has 0 unspecified atom stereocenters. The predicted octanol–water partition coefficient (Wildman–Crippen LogP) is 5.68. The smallest absolute Gasteiger partial charge is 0.266 e. The van der Waals surface area contributed by atoms with Gasteiger partial charge in [-0.05, 0) is 47.7 Å². The quantitative estimate of drug-likeness (QED) is 0.423. The number of H-pyrrole nitrogens is 1. The molecule has 0 aliphatic heterocycles. The van der Waals surface area contributed by atoms with Crippen molar-refractivity contribution in [2.75, 3.05) is 6.61 Å². The number of thiophene rings is 1. The van der Waals surface area contributed by atoms with Crippen molar-refractivity contribution in [1.29, 1.82) is 0 Å². The van der Waals surface area contributed by atoms with Crippen molar-refractivity contribution < 1.29 is 9.84 Å². The van der Waals surface area contributed by atoms with Crippen LogP contribution in [0.1, 0.15) is 26.2 Å². The van der Waals surface area contributed by atoms with E-state index in [1.165, 1.54) is 17.8 Å². The minimum atomic E-state index is -0.0973. The molecule has 138 valence electrons. The van der Waals surface area contributed by atoms with Crippen LogP contribution in [0.5, 0.6) is 11.5 Å². The highest BCUT2D eigenvalue weighted by molar-refractivity contribution is 7.17. The lowest BCUT2D eigenvalue weighted by Crippen LogP contribution is -2.04. The van der Waals surface area contributed by atoms with E-state index in [2.05, 4.69) is 11.9 Å². The molecule has 2 aromatic carbocycles. The van der Waals surface area contributed by atoms with Gasteiger partial charge in [0.15, 0.2) is 0 Å². The van der Waals surface area contributed by atoms with Crippen LogP contribution in [0.25, 0.3) is 32.1 Å². The van der Waals surface area contributed by atoms with Gasteiger partial charge in [0.25, 0.3) is 5.56 Å². The number of rotatable bonds is 6. The number of benzene rings is 2. The number of aromatic nitrogens is 1. The molecule has 0 aliphatic rings. The molecule has 0 amide bonds. The molecule has 0 saturated heterocycles. The normalized spacial score (nSPS) is 11.3. The summed E-state index contributed by atoms with van der Waals surface area (Å²) in [6.07, 6.45) is 3.38. The van der Waals surface area contributed by atoms with Crippen LogP contribution in [-0.2, 0) is 0 Å². The lowest BCUT2D eigenvalue weighted by molar-refractivity contribution is 0.306. The van der Waals surface area contributed by atoms with Gasteiger partial charge in [0.2, 0.25) is 0 Å². The zero-order valence-electron chi connectivity index (χ0n) is 15.1. The Hall–Kier alpha value is -2.79. The van der Waals surface area contributed by atoms with E-state index >= 15 is 0 Å². The lowest BCUT2D eigenvalue weighted by Gasteiger charge is -2.12. The van der Waals surface area contributed by atoms with Crippen LogP contribution in [0.15, 0.2) is 52.6 Å². The van der Waals surface area contributed by atoms with E-state index in [4.69, 9.17) is 4.74 Å². The monoisotopic (exact) mass is 379 g/mol. The molecule has 4 rings (SSSR count). The summed E-state index contributed by atoms with van der Waals surface area (Å²) in [7, 11) is 0. The van der Waals surface area contributed by atoms with E-state index < -0.39 is 0 Å². The fourth-order valence-electron chi connectivity index (χ4n) is 3.39. The summed E-state index contributed by atoms with van der Waals surface area (Å²) in [6.45, 7) is 2.88. The fraction of sp³-hybridized carbons (Fsp3) is 0.227. The Kier molecular flexibility index (Phi) is 4.86. The van der Waals surface area contributed by atoms with E-state index in [0.717, 1.165) is 46.0 Å². The van der Waals surface area contributed by atoms with Gasteiger partial charge >= 0.3 is 0 Å². The van der Waals surface area contributed by atoms with Crippen LogP contribution in [0.3, 0.4) is 0 Å². The van der Waals surface area contributed by atoms with Crippen LogP contribution in [-0.4, -0.2) is 16.7 Å². The van der Waals surface area contributed by atoms with Gasteiger partial charge in [-0.1, -0.05) is 31.9 Å². The summed E-state index contributed by atoms with van der Waals surface area (Å²) >= 11 is 1.41. The second kappa shape index (κ2) is 7.45. The fourth-order valence-corrected chi connectivity index (χ4v) is 4.18. The van der Waals surface area contributed by atoms with Crippen LogP contribution >= 0.6 is 11.3 Å². The minimum absolute atomic E-state index is 0.0973. The van der Waals surface area contributed by atoms with Crippen LogP contribution in [0, 0.1) is 0 Å². The summed E-state index contributed by atoms with van der Waals surface area (Å²) in [5.74, 6) is 1.02. The summed E-state index contributed by atoms with van der Waals surface area (Å²) in [6, 6.07) is 13.1. The van der Waals surface area contributed by atoms with Crippen molar-refractivity contribution in [2.24, 2.45) is 0 Å². The second-order valence-electron chi connectivity index (χ2n) is 6.58. The van der Waals surface area contributed by atoms with Gasteiger partial charge in [-0.2, -0.15) is 0 Å². The zero-order chi connectivity index (χ0) is 18.8. The number of unbranched alkanes of at least 4 members (excludes halogenated alkanes) is 2. The largest absolute Gasteiger partial charge is 0.507 e. The summed E-state index contributed by atoms with van der Waals surface area (Å²) < 4.78 is 6.45. The molecule has 0 saturated carbocycles. The molecule has 0 radical (unpaired) electrons. The SMILES string of the molecule is CCCCCOc1ccc(-c2c(O)ccc3[nH]c(=O)c4sccc4c23)cc1. The Morgan fingerprint density at radius 3 is 2.67 bits per heavy atom. The lowest BCUT2D eigenvalue weighted by atomic mass is 9.97. The van der Waals surface area contributed by atoms with E-state index in [-0.39, 0.29) is 11.3 Å². The Balaban J connectivity index is 1.78. The maximum absolute atomic E-state index is 12.3. The number of nitrogens with one attached hydrogen (secondary N) is 1. The number of hydrogen-bond acceptors (Lipinski definition) is 4. The molecule has 0 bridgehead atoms. The van der Waals surface area contributed by atoms with Crippen LogP contribution in [0.2, 0.25) is 0 Å². The first-order valence-electron chi connectivity index (χ1n) is 9.17. The molecule has 27 heavy (non-hydrogen) atoms. The number of ether oxygens (including phenoxy) is 1. The molecule has 0 aliphatic carbocycles. The molecule has 4 aromatic rings. The number of aromatic hydroxyl groups is 1. The van der Waals surface area contributed by atoms with Gasteiger partial charge < -0.3 is 14.8 Å². The van der Waals surface area contributed by atoms with Gasteiger partial charge in [-0.15, -0.1) is 11.3 Å². The molecule has 2 N–H and O–H groups in total. The molecule has 2 heterocycles. The first-order valence-corrected chi connectivity index (χ1v) is 10.1. The number of fused-ring (bicyclic) bond motifs is 3. The highest BCUT2D eigenvalue weighted by Crippen LogP contribution is 2.40. The Bertz CT molecular complexity index is 1140. The van der Waals surface area contributed by atoms with Crippen molar-refractivity contribution in [2.45, 2.75) is 26.2 Å². The van der Waals surface area contributed by atoms with Gasteiger partial charge in [0, 0.05) is 21.9 Å². The van der Waals surface area contributed by atoms with E-state index in [1.807, 2.05) is 35.7 Å². The van der Waals surface area contributed by atoms with Gasteiger partial charge in [0.1, 0.15) is 16.2 Å². The van der Waals surface area contributed by atoms with E-state index in [0.29, 0.717) is 11.3 Å². The third kappa shape index (κ3) is 3.30. The standard InChI is InChI=1S/C22H21NO3S/c1-2-3-4-12-26-15-7-5-14(6-8-15)19-18(24)10-9-17-20(19)16-11-13-27-21(16)22(25)23-17/h5-11,13,24H,2-4,12H2,1H3,(H,23,25). The van der Waals surface area contributed by atoms with E-state index in [1.54, 1.807) is 12.1 Å². The topological polar surface area (TPSA) is 62.3 Å². The maximum atomic E-state index is 12.3. The Labute approximate surface area is 161 Å².